The lowest BCUT2D eigenvalue weighted by molar-refractivity contribution is -0.126. The molecule has 2 bridgehead atoms. The molecular formula is C22H29NO2. The molecule has 1 atom stereocenters. The minimum Gasteiger partial charge on any atom is -0.487 e. The van der Waals surface area contributed by atoms with Crippen LogP contribution in [-0.2, 0) is 4.79 Å². The Balaban J connectivity index is 1.62. The van der Waals surface area contributed by atoms with Crippen LogP contribution in [-0.4, -0.2) is 29.9 Å². The summed E-state index contributed by atoms with van der Waals surface area (Å²) in [7, 11) is 0. The van der Waals surface area contributed by atoms with Crippen molar-refractivity contribution in [2.75, 3.05) is 13.2 Å². The molecule has 1 saturated carbocycles. The second-order valence-corrected chi connectivity index (χ2v) is 7.97. The summed E-state index contributed by atoms with van der Waals surface area (Å²) in [4.78, 5) is 14.8. The smallest absolute Gasteiger partial charge is 0.155 e. The number of para-hydroxylation sites is 1. The molecule has 5 rings (SSSR count). The average molecular weight is 339 g/mol. The molecule has 0 radical (unpaired) electrons. The Morgan fingerprint density at radius 1 is 1.04 bits per heavy atom. The van der Waals surface area contributed by atoms with E-state index in [9.17, 15) is 4.79 Å². The number of hydrogen-bond acceptors (Lipinski definition) is 3. The number of rotatable bonds is 0. The van der Waals surface area contributed by atoms with Crippen molar-refractivity contribution in [1.82, 2.24) is 4.90 Å². The van der Waals surface area contributed by atoms with Gasteiger partial charge in [0.2, 0.25) is 0 Å². The van der Waals surface area contributed by atoms with Crippen LogP contribution in [0.25, 0.3) is 0 Å². The summed E-state index contributed by atoms with van der Waals surface area (Å²) in [5, 5.41) is 0. The Kier molecular flexibility index (Phi) is 4.82. The maximum absolute atomic E-state index is 12.5. The number of ketones is 1. The zero-order valence-electron chi connectivity index (χ0n) is 15.1. The van der Waals surface area contributed by atoms with E-state index in [2.05, 4.69) is 35.7 Å². The third kappa shape index (κ3) is 3.47. The van der Waals surface area contributed by atoms with Gasteiger partial charge < -0.3 is 9.64 Å². The van der Waals surface area contributed by atoms with Crippen molar-refractivity contribution < 1.29 is 9.53 Å². The van der Waals surface area contributed by atoms with Crippen LogP contribution in [0.1, 0.15) is 62.8 Å². The molecular weight excluding hydrogens is 310 g/mol. The number of carbonyl (C=O) groups excluding carboxylic acids is 1. The van der Waals surface area contributed by atoms with Gasteiger partial charge in [-0.05, 0) is 68.4 Å². The van der Waals surface area contributed by atoms with Crippen LogP contribution in [0.4, 0.5) is 0 Å². The molecule has 134 valence electrons. The molecule has 1 unspecified atom stereocenters. The maximum atomic E-state index is 12.5. The van der Waals surface area contributed by atoms with E-state index in [1.165, 1.54) is 37.7 Å². The molecule has 1 aromatic carbocycles. The maximum Gasteiger partial charge on any atom is 0.155 e. The number of ether oxygens (including phenoxy) is 1. The first-order valence-electron chi connectivity index (χ1n) is 9.91. The lowest BCUT2D eigenvalue weighted by Gasteiger charge is -2.38. The predicted molar refractivity (Wildman–Crippen MR) is 99.7 cm³/mol. The highest BCUT2D eigenvalue weighted by atomic mass is 16.5. The van der Waals surface area contributed by atoms with Crippen molar-refractivity contribution in [1.29, 1.82) is 0 Å². The highest BCUT2D eigenvalue weighted by Crippen LogP contribution is 2.41. The first kappa shape index (κ1) is 16.7. The average Bonchev–Trinajstić information content (AvgIpc) is 2.66. The fourth-order valence-electron chi connectivity index (χ4n) is 4.96. The van der Waals surface area contributed by atoms with E-state index < -0.39 is 0 Å². The van der Waals surface area contributed by atoms with Gasteiger partial charge in [-0.25, -0.2) is 0 Å². The Hall–Kier alpha value is -1.77. The minimum absolute atomic E-state index is 0.0265. The van der Waals surface area contributed by atoms with Gasteiger partial charge in [-0.15, -0.1) is 0 Å². The fraction of sp³-hybridized carbons (Fsp3) is 0.591. The molecule has 4 aliphatic rings. The van der Waals surface area contributed by atoms with Crippen LogP contribution in [0.15, 0.2) is 36.5 Å². The van der Waals surface area contributed by atoms with Crippen molar-refractivity contribution >= 4 is 5.78 Å². The third-order valence-corrected chi connectivity index (χ3v) is 6.42. The molecule has 1 aliphatic carbocycles. The van der Waals surface area contributed by atoms with Gasteiger partial charge >= 0.3 is 0 Å². The molecule has 1 aromatic rings. The van der Waals surface area contributed by atoms with Crippen LogP contribution < -0.4 is 4.74 Å². The van der Waals surface area contributed by atoms with Gasteiger partial charge in [0.05, 0.1) is 6.04 Å². The van der Waals surface area contributed by atoms with E-state index in [1.807, 2.05) is 0 Å². The molecule has 0 spiro atoms. The van der Waals surface area contributed by atoms with E-state index in [0.29, 0.717) is 18.3 Å². The second kappa shape index (κ2) is 7.23. The van der Waals surface area contributed by atoms with E-state index in [1.54, 1.807) is 0 Å². The van der Waals surface area contributed by atoms with Gasteiger partial charge in [-0.1, -0.05) is 24.8 Å². The summed E-state index contributed by atoms with van der Waals surface area (Å²) >= 11 is 0. The van der Waals surface area contributed by atoms with Crippen molar-refractivity contribution in [2.24, 2.45) is 5.92 Å². The molecule has 3 heteroatoms. The van der Waals surface area contributed by atoms with Gasteiger partial charge in [0.1, 0.15) is 12.4 Å². The molecule has 3 aliphatic heterocycles. The van der Waals surface area contributed by atoms with E-state index >= 15 is 0 Å². The van der Waals surface area contributed by atoms with E-state index in [-0.39, 0.29) is 6.04 Å². The second-order valence-electron chi connectivity index (χ2n) is 7.97. The topological polar surface area (TPSA) is 29.5 Å². The zero-order chi connectivity index (χ0) is 17.2. The van der Waals surface area contributed by atoms with Crippen molar-refractivity contribution in [3.8, 4) is 5.75 Å². The molecule has 0 amide bonds. The highest BCUT2D eigenvalue weighted by Gasteiger charge is 2.32. The number of piperidine rings is 1. The predicted octanol–water partition coefficient (Wildman–Crippen LogP) is 4.68. The lowest BCUT2D eigenvalue weighted by Crippen LogP contribution is -2.46. The summed E-state index contributed by atoms with van der Waals surface area (Å²) < 4.78 is 6.19. The Morgan fingerprint density at radius 3 is 2.64 bits per heavy atom. The van der Waals surface area contributed by atoms with Gasteiger partial charge in [0.25, 0.3) is 0 Å². The third-order valence-electron chi connectivity index (χ3n) is 6.42. The van der Waals surface area contributed by atoms with Crippen molar-refractivity contribution in [3.05, 3.63) is 42.1 Å². The van der Waals surface area contributed by atoms with Crippen LogP contribution in [0.3, 0.4) is 0 Å². The molecule has 1 saturated heterocycles. The van der Waals surface area contributed by atoms with Crippen LogP contribution in [0.5, 0.6) is 5.75 Å². The number of nitrogens with zero attached hydrogens (tertiary/aromatic N) is 1. The van der Waals surface area contributed by atoms with Crippen LogP contribution >= 0.6 is 0 Å². The van der Waals surface area contributed by atoms with Crippen LogP contribution in [0, 0.1) is 5.92 Å². The van der Waals surface area contributed by atoms with Crippen LogP contribution in [0.2, 0.25) is 0 Å². The summed E-state index contributed by atoms with van der Waals surface area (Å²) in [6.07, 6.45) is 8.88. The molecule has 3 nitrogen and oxygen atoms in total. The summed E-state index contributed by atoms with van der Waals surface area (Å²) in [5.41, 5.74) is 2.32. The monoisotopic (exact) mass is 339 g/mol. The minimum atomic E-state index is 0.0265. The SMILES string of the molecule is C=C1COc2ccccc2C2CCC(CC2)CCC2C(=O)CCCN12. The molecule has 0 N–H and O–H groups in total. The summed E-state index contributed by atoms with van der Waals surface area (Å²) in [6, 6.07) is 8.53. The number of fused-ring (bicyclic) bond motifs is 5. The number of Topliss-reactive ketones (excluding diaryl/α,β-unsaturated/α-hetero) is 1. The van der Waals surface area contributed by atoms with Gasteiger partial charge in [0.15, 0.2) is 5.78 Å². The van der Waals surface area contributed by atoms with Gasteiger partial charge in [-0.2, -0.15) is 0 Å². The first-order valence-corrected chi connectivity index (χ1v) is 9.91. The number of benzene rings is 1. The van der Waals surface area contributed by atoms with E-state index in [0.717, 1.165) is 43.2 Å². The largest absolute Gasteiger partial charge is 0.487 e. The lowest BCUT2D eigenvalue weighted by atomic mass is 9.76. The Labute approximate surface area is 151 Å². The van der Waals surface area contributed by atoms with Crippen molar-refractivity contribution in [3.63, 3.8) is 0 Å². The van der Waals surface area contributed by atoms with E-state index in [4.69, 9.17) is 4.74 Å². The number of hydrogen-bond donors (Lipinski definition) is 0. The van der Waals surface area contributed by atoms with Gasteiger partial charge in [-0.3, -0.25) is 4.79 Å². The quantitative estimate of drug-likeness (QED) is 0.687. The first-order chi connectivity index (χ1) is 12.2. The Bertz CT molecular complexity index is 645. The normalized spacial score (nSPS) is 30.4. The number of carbonyl (C=O) groups is 1. The fourth-order valence-corrected chi connectivity index (χ4v) is 4.96. The van der Waals surface area contributed by atoms with Gasteiger partial charge in [0, 0.05) is 18.7 Å². The molecule has 25 heavy (non-hydrogen) atoms. The molecule has 2 fully saturated rings. The molecule has 0 aromatic heterocycles. The summed E-state index contributed by atoms with van der Waals surface area (Å²) in [6.45, 7) is 5.68. The summed E-state index contributed by atoms with van der Waals surface area (Å²) in [5.74, 6) is 2.79. The highest BCUT2D eigenvalue weighted by molar-refractivity contribution is 5.85. The standard InChI is InChI=1S/C22H29NO2/c1-16-15-25-22-7-3-2-5-19(22)18-11-8-17(9-12-18)10-13-20-21(24)6-4-14-23(16)20/h2-3,5,7,17-18,20H,1,4,6,8-15H2. The molecule has 3 heterocycles. The van der Waals surface area contributed by atoms with Crippen molar-refractivity contribution in [2.45, 2.75) is 63.3 Å². The zero-order valence-corrected chi connectivity index (χ0v) is 15.1. The Morgan fingerprint density at radius 2 is 1.80 bits per heavy atom.